The Morgan fingerprint density at radius 2 is 1.41 bits per heavy atom. The van der Waals surface area contributed by atoms with E-state index in [-0.39, 0.29) is 19.1 Å². The minimum atomic E-state index is -0.538. The van der Waals surface area contributed by atoms with Crippen LogP contribution >= 0.6 is 23.2 Å². The Morgan fingerprint density at radius 1 is 0.828 bits per heavy atom. The monoisotopic (exact) mass is 427 g/mol. The molecule has 0 aliphatic rings. The van der Waals surface area contributed by atoms with Crippen molar-refractivity contribution in [3.63, 3.8) is 0 Å². The summed E-state index contributed by atoms with van der Waals surface area (Å²) in [7, 11) is 0. The molecule has 0 radical (unpaired) electrons. The zero-order valence-electron chi connectivity index (χ0n) is 15.5. The molecule has 0 unspecified atom stereocenters. The SMILES string of the molecule is O=C(CNC(=O)C(c1ccccc1)c1ccccc1)OCc1ccc(Cl)c(Cl)c1. The van der Waals surface area contributed by atoms with Gasteiger partial charge in [-0.25, -0.2) is 0 Å². The lowest BCUT2D eigenvalue weighted by Gasteiger charge is -2.17. The molecule has 0 bridgehead atoms. The number of ether oxygens (including phenoxy) is 1. The van der Waals surface area contributed by atoms with Crippen LogP contribution in [-0.2, 0) is 20.9 Å². The number of halogens is 2. The number of nitrogens with one attached hydrogen (secondary N) is 1. The first-order valence-electron chi connectivity index (χ1n) is 9.02. The number of carbonyl (C=O) groups excluding carboxylic acids is 2. The van der Waals surface area contributed by atoms with Gasteiger partial charge in [0.1, 0.15) is 13.2 Å². The molecule has 3 aromatic carbocycles. The fourth-order valence-corrected chi connectivity index (χ4v) is 3.21. The molecule has 0 saturated carbocycles. The number of amides is 1. The van der Waals surface area contributed by atoms with E-state index in [0.717, 1.165) is 11.1 Å². The standard InChI is InChI=1S/C23H19Cl2NO3/c24-19-12-11-16(13-20(19)25)15-29-21(27)14-26-23(28)22(17-7-3-1-4-8-17)18-9-5-2-6-10-18/h1-13,22H,14-15H2,(H,26,28). The first kappa shape index (κ1) is 20.9. The van der Waals surface area contributed by atoms with Gasteiger partial charge in [0.2, 0.25) is 5.91 Å². The molecule has 0 fully saturated rings. The van der Waals surface area contributed by atoms with E-state index in [1.54, 1.807) is 18.2 Å². The number of carbonyl (C=O) groups is 2. The largest absolute Gasteiger partial charge is 0.460 e. The summed E-state index contributed by atoms with van der Waals surface area (Å²) in [5, 5.41) is 3.50. The average Bonchev–Trinajstić information content (AvgIpc) is 2.75. The molecule has 0 heterocycles. The van der Waals surface area contributed by atoms with Gasteiger partial charge in [0.05, 0.1) is 16.0 Å². The summed E-state index contributed by atoms with van der Waals surface area (Å²) in [5.74, 6) is -1.32. The Kier molecular flexibility index (Phi) is 7.28. The van der Waals surface area contributed by atoms with Crippen molar-refractivity contribution in [2.75, 3.05) is 6.54 Å². The molecule has 0 aromatic heterocycles. The zero-order valence-corrected chi connectivity index (χ0v) is 17.0. The third kappa shape index (κ3) is 5.83. The smallest absolute Gasteiger partial charge is 0.325 e. The molecule has 0 spiro atoms. The van der Waals surface area contributed by atoms with Crippen molar-refractivity contribution in [2.45, 2.75) is 12.5 Å². The van der Waals surface area contributed by atoms with Gasteiger partial charge in [0, 0.05) is 0 Å². The van der Waals surface area contributed by atoms with Gasteiger partial charge >= 0.3 is 5.97 Å². The average molecular weight is 428 g/mol. The van der Waals surface area contributed by atoms with Crippen molar-refractivity contribution in [1.29, 1.82) is 0 Å². The van der Waals surface area contributed by atoms with Gasteiger partial charge in [-0.2, -0.15) is 0 Å². The minimum Gasteiger partial charge on any atom is -0.460 e. The summed E-state index contributed by atoms with van der Waals surface area (Å²) in [6, 6.07) is 23.9. The van der Waals surface area contributed by atoms with Crippen LogP contribution < -0.4 is 5.32 Å². The van der Waals surface area contributed by atoms with Gasteiger partial charge in [-0.1, -0.05) is 89.9 Å². The van der Waals surface area contributed by atoms with Crippen LogP contribution in [0, 0.1) is 0 Å². The van der Waals surface area contributed by atoms with Crippen LogP contribution in [0.5, 0.6) is 0 Å². The van der Waals surface area contributed by atoms with Gasteiger partial charge in [0.15, 0.2) is 0 Å². The van der Waals surface area contributed by atoms with Crippen molar-refractivity contribution in [1.82, 2.24) is 5.32 Å². The molecule has 0 aliphatic carbocycles. The molecule has 0 aliphatic heterocycles. The summed E-state index contributed by atoms with van der Waals surface area (Å²) < 4.78 is 5.21. The second kappa shape index (κ2) is 10.1. The highest BCUT2D eigenvalue weighted by Gasteiger charge is 2.23. The number of benzene rings is 3. The first-order valence-corrected chi connectivity index (χ1v) is 9.77. The van der Waals surface area contributed by atoms with Crippen LogP contribution in [0.25, 0.3) is 0 Å². The minimum absolute atomic E-state index is 0.0480. The van der Waals surface area contributed by atoms with E-state index in [0.29, 0.717) is 15.6 Å². The van der Waals surface area contributed by atoms with Gasteiger partial charge in [-0.3, -0.25) is 9.59 Å². The van der Waals surface area contributed by atoms with E-state index in [9.17, 15) is 9.59 Å². The Hall–Kier alpha value is -2.82. The molecule has 0 saturated heterocycles. The molecule has 3 aromatic rings. The van der Waals surface area contributed by atoms with Gasteiger partial charge in [-0.05, 0) is 28.8 Å². The van der Waals surface area contributed by atoms with Gasteiger partial charge < -0.3 is 10.1 Å². The van der Waals surface area contributed by atoms with Crippen LogP contribution in [0.15, 0.2) is 78.9 Å². The maximum absolute atomic E-state index is 12.9. The molecule has 4 nitrogen and oxygen atoms in total. The predicted octanol–water partition coefficient (Wildman–Crippen LogP) is 4.98. The number of rotatable bonds is 7. The second-order valence-electron chi connectivity index (χ2n) is 6.38. The maximum atomic E-state index is 12.9. The van der Waals surface area contributed by atoms with E-state index in [4.69, 9.17) is 27.9 Å². The fourth-order valence-electron chi connectivity index (χ4n) is 2.89. The lowest BCUT2D eigenvalue weighted by atomic mass is 9.90. The first-order chi connectivity index (χ1) is 14.0. The summed E-state index contributed by atoms with van der Waals surface area (Å²) in [5.41, 5.74) is 2.41. The second-order valence-corrected chi connectivity index (χ2v) is 7.20. The van der Waals surface area contributed by atoms with Gasteiger partial charge in [-0.15, -0.1) is 0 Å². The lowest BCUT2D eigenvalue weighted by Crippen LogP contribution is -2.34. The van der Waals surface area contributed by atoms with Crippen molar-refractivity contribution < 1.29 is 14.3 Å². The molecule has 148 valence electrons. The summed E-state index contributed by atoms with van der Waals surface area (Å²) in [4.78, 5) is 24.9. The topological polar surface area (TPSA) is 55.4 Å². The lowest BCUT2D eigenvalue weighted by molar-refractivity contribution is -0.145. The Balaban J connectivity index is 1.61. The van der Waals surface area contributed by atoms with Crippen LogP contribution in [0.3, 0.4) is 0 Å². The summed E-state index contributed by atoms with van der Waals surface area (Å²) in [6.07, 6.45) is 0. The van der Waals surface area contributed by atoms with E-state index >= 15 is 0 Å². The summed E-state index contributed by atoms with van der Waals surface area (Å²) >= 11 is 11.8. The van der Waals surface area contributed by atoms with E-state index in [1.165, 1.54) is 0 Å². The Morgan fingerprint density at radius 3 is 1.97 bits per heavy atom. The third-order valence-electron chi connectivity index (χ3n) is 4.32. The van der Waals surface area contributed by atoms with Crippen LogP contribution in [0.4, 0.5) is 0 Å². The zero-order chi connectivity index (χ0) is 20.6. The predicted molar refractivity (Wildman–Crippen MR) is 114 cm³/mol. The summed E-state index contributed by atoms with van der Waals surface area (Å²) in [6.45, 7) is -0.178. The molecule has 1 amide bonds. The van der Waals surface area contributed by atoms with Crippen molar-refractivity contribution in [3.8, 4) is 0 Å². The van der Waals surface area contributed by atoms with Gasteiger partial charge in [0.25, 0.3) is 0 Å². The third-order valence-corrected chi connectivity index (χ3v) is 5.06. The quantitative estimate of drug-likeness (QED) is 0.540. The normalized spacial score (nSPS) is 10.6. The van der Waals surface area contributed by atoms with Crippen molar-refractivity contribution in [3.05, 3.63) is 106 Å². The van der Waals surface area contributed by atoms with E-state index < -0.39 is 11.9 Å². The van der Waals surface area contributed by atoms with E-state index in [2.05, 4.69) is 5.32 Å². The highest BCUT2D eigenvalue weighted by Crippen LogP contribution is 2.25. The highest BCUT2D eigenvalue weighted by molar-refractivity contribution is 6.42. The van der Waals surface area contributed by atoms with Crippen LogP contribution in [-0.4, -0.2) is 18.4 Å². The molecular weight excluding hydrogens is 409 g/mol. The molecular formula is C23H19Cl2NO3. The van der Waals surface area contributed by atoms with Crippen LogP contribution in [0.2, 0.25) is 10.0 Å². The number of hydrogen-bond donors (Lipinski definition) is 1. The van der Waals surface area contributed by atoms with Crippen molar-refractivity contribution in [2.24, 2.45) is 0 Å². The Labute approximate surface area is 179 Å². The Bertz CT molecular complexity index is 938. The highest BCUT2D eigenvalue weighted by atomic mass is 35.5. The number of hydrogen-bond acceptors (Lipinski definition) is 3. The van der Waals surface area contributed by atoms with E-state index in [1.807, 2.05) is 60.7 Å². The van der Waals surface area contributed by atoms with Crippen LogP contribution in [0.1, 0.15) is 22.6 Å². The fraction of sp³-hybridized carbons (Fsp3) is 0.130. The molecule has 0 atom stereocenters. The maximum Gasteiger partial charge on any atom is 0.325 e. The number of esters is 1. The molecule has 29 heavy (non-hydrogen) atoms. The molecule has 1 N–H and O–H groups in total. The molecule has 6 heteroatoms. The molecule has 3 rings (SSSR count). The van der Waals surface area contributed by atoms with Crippen molar-refractivity contribution >= 4 is 35.1 Å².